The van der Waals surface area contributed by atoms with Crippen LogP contribution >= 0.6 is 0 Å². The Balaban J connectivity index is 1.59. The highest BCUT2D eigenvalue weighted by Gasteiger charge is 2.53. The van der Waals surface area contributed by atoms with Gasteiger partial charge in [0.05, 0.1) is 24.0 Å². The summed E-state index contributed by atoms with van der Waals surface area (Å²) < 4.78 is 16.7. The molecular formula is C26H33N4O5+. The molecule has 9 nitrogen and oxygen atoms in total. The Labute approximate surface area is 205 Å². The molecule has 3 heterocycles. The SMILES string of the molecule is CC1=N[N+](C(=O)OC(C)(C)C)(c2cncc(OC[C@@H]3CN3C(=O)OC(C)(C)C)c2)c2ccccc21. The zero-order valence-corrected chi connectivity index (χ0v) is 21.4. The van der Waals surface area contributed by atoms with Crippen molar-refractivity contribution in [3.8, 4) is 5.75 Å². The molecule has 2 aromatic rings. The van der Waals surface area contributed by atoms with Crippen LogP contribution in [-0.2, 0) is 9.47 Å². The topological polar surface area (TPSA) is 90.1 Å². The van der Waals surface area contributed by atoms with E-state index >= 15 is 0 Å². The number of quaternary nitrogens is 1. The van der Waals surface area contributed by atoms with Crippen LogP contribution in [0.25, 0.3) is 0 Å². The number of amides is 2. The maximum atomic E-state index is 13.6. The molecule has 0 saturated carbocycles. The Morgan fingerprint density at radius 2 is 1.74 bits per heavy atom. The molecule has 4 rings (SSSR count). The molecule has 0 bridgehead atoms. The van der Waals surface area contributed by atoms with Crippen LogP contribution in [0, 0.1) is 0 Å². The van der Waals surface area contributed by atoms with Crippen molar-refractivity contribution >= 4 is 29.3 Å². The zero-order chi connectivity index (χ0) is 25.6. The molecule has 2 aliphatic rings. The largest absolute Gasteiger partial charge is 0.554 e. The summed E-state index contributed by atoms with van der Waals surface area (Å²) in [6, 6.07) is 9.26. The van der Waals surface area contributed by atoms with Gasteiger partial charge >= 0.3 is 12.2 Å². The van der Waals surface area contributed by atoms with Crippen LogP contribution in [0.5, 0.6) is 5.75 Å². The Morgan fingerprint density at radius 3 is 2.43 bits per heavy atom. The third-order valence-corrected chi connectivity index (χ3v) is 5.46. The highest BCUT2D eigenvalue weighted by molar-refractivity contribution is 6.11. The van der Waals surface area contributed by atoms with Crippen LogP contribution in [0.1, 0.15) is 54.0 Å². The van der Waals surface area contributed by atoms with Gasteiger partial charge in [0.1, 0.15) is 29.3 Å². The average Bonchev–Trinajstić information content (AvgIpc) is 3.47. The Hall–Kier alpha value is -3.46. The van der Waals surface area contributed by atoms with E-state index in [1.807, 2.05) is 72.7 Å². The molecule has 1 aromatic carbocycles. The van der Waals surface area contributed by atoms with Gasteiger partial charge in [-0.15, -0.1) is 0 Å². The second-order valence-corrected chi connectivity index (χ2v) is 10.8. The van der Waals surface area contributed by atoms with Gasteiger partial charge in [-0.1, -0.05) is 17.2 Å². The van der Waals surface area contributed by atoms with E-state index in [0.29, 0.717) is 23.7 Å². The number of ether oxygens (including phenoxy) is 3. The third-order valence-electron chi connectivity index (χ3n) is 5.46. The lowest BCUT2D eigenvalue weighted by molar-refractivity contribution is 0.0358. The Bertz CT molecular complexity index is 1180. The number of pyridine rings is 1. The van der Waals surface area contributed by atoms with Gasteiger partial charge in [0.2, 0.25) is 0 Å². The van der Waals surface area contributed by atoms with Gasteiger partial charge < -0.3 is 14.2 Å². The molecule has 9 heteroatoms. The smallest absolute Gasteiger partial charge is 0.490 e. The number of benzene rings is 1. The molecule has 0 spiro atoms. The summed E-state index contributed by atoms with van der Waals surface area (Å²) in [5, 5.41) is 4.77. The van der Waals surface area contributed by atoms with Crippen molar-refractivity contribution in [1.82, 2.24) is 14.5 Å². The van der Waals surface area contributed by atoms with Crippen LogP contribution in [0.3, 0.4) is 0 Å². The number of hydrogen-bond acceptors (Lipinski definition) is 7. The van der Waals surface area contributed by atoms with Crippen LogP contribution in [0.2, 0.25) is 0 Å². The molecule has 2 aliphatic heterocycles. The number of para-hydroxylation sites is 1. The van der Waals surface area contributed by atoms with Gasteiger partial charge in [-0.3, -0.25) is 9.88 Å². The maximum absolute atomic E-state index is 13.6. The summed E-state index contributed by atoms with van der Waals surface area (Å²) >= 11 is 0. The second-order valence-electron chi connectivity index (χ2n) is 10.8. The fourth-order valence-corrected chi connectivity index (χ4v) is 3.89. The van der Waals surface area contributed by atoms with Crippen molar-refractivity contribution in [2.75, 3.05) is 13.2 Å². The second kappa shape index (κ2) is 8.64. The van der Waals surface area contributed by atoms with Crippen LogP contribution < -0.4 is 9.33 Å². The van der Waals surface area contributed by atoms with Crippen molar-refractivity contribution < 1.29 is 23.8 Å². The highest BCUT2D eigenvalue weighted by Crippen LogP contribution is 2.44. The van der Waals surface area contributed by atoms with Gasteiger partial charge in [0, 0.05) is 18.7 Å². The summed E-state index contributed by atoms with van der Waals surface area (Å²) in [7, 11) is 0. The van der Waals surface area contributed by atoms with E-state index in [-0.39, 0.29) is 18.7 Å². The van der Waals surface area contributed by atoms with E-state index in [1.54, 1.807) is 23.4 Å². The van der Waals surface area contributed by atoms with Crippen molar-refractivity contribution in [3.05, 3.63) is 48.3 Å². The Morgan fingerprint density at radius 1 is 1.06 bits per heavy atom. The highest BCUT2D eigenvalue weighted by atomic mass is 16.6. The van der Waals surface area contributed by atoms with E-state index in [4.69, 9.17) is 19.3 Å². The lowest BCUT2D eigenvalue weighted by atomic mass is 10.1. The van der Waals surface area contributed by atoms with Gasteiger partial charge in [-0.05, 0) is 59.1 Å². The van der Waals surface area contributed by atoms with Crippen molar-refractivity contribution in [2.24, 2.45) is 5.10 Å². The summed E-state index contributed by atoms with van der Waals surface area (Å²) in [5.74, 6) is 0.469. The van der Waals surface area contributed by atoms with Crippen LogP contribution in [0.4, 0.5) is 21.0 Å². The number of nitrogens with zero attached hydrogens (tertiary/aromatic N) is 4. The minimum atomic E-state index is -0.706. The molecule has 1 unspecified atom stereocenters. The van der Waals surface area contributed by atoms with Gasteiger partial charge in [0.15, 0.2) is 11.4 Å². The zero-order valence-electron chi connectivity index (χ0n) is 21.4. The molecule has 186 valence electrons. The predicted octanol–water partition coefficient (Wildman–Crippen LogP) is 5.39. The third kappa shape index (κ3) is 5.14. The molecule has 0 radical (unpaired) electrons. The summed E-state index contributed by atoms with van der Waals surface area (Å²) in [6.45, 7) is 13.7. The maximum Gasteiger partial charge on any atom is 0.554 e. The van der Waals surface area contributed by atoms with E-state index < -0.39 is 21.9 Å². The fourth-order valence-electron chi connectivity index (χ4n) is 3.89. The average molecular weight is 482 g/mol. The number of fused-ring (bicyclic) bond motifs is 1. The molecule has 1 saturated heterocycles. The molecular weight excluding hydrogens is 448 g/mol. The first-order valence-electron chi connectivity index (χ1n) is 11.7. The number of carbonyl (C=O) groups excluding carboxylic acids is 2. The quantitative estimate of drug-likeness (QED) is 0.430. The monoisotopic (exact) mass is 481 g/mol. The van der Waals surface area contributed by atoms with E-state index in [9.17, 15) is 9.59 Å². The van der Waals surface area contributed by atoms with Crippen molar-refractivity contribution in [1.29, 1.82) is 0 Å². The van der Waals surface area contributed by atoms with E-state index in [0.717, 1.165) is 11.3 Å². The van der Waals surface area contributed by atoms with E-state index in [2.05, 4.69) is 4.98 Å². The first-order chi connectivity index (χ1) is 16.3. The summed E-state index contributed by atoms with van der Waals surface area (Å²) in [6.07, 6.45) is 2.29. The molecule has 1 aromatic heterocycles. The normalized spacial score (nSPS) is 21.2. The minimum absolute atomic E-state index is 0.0738. The van der Waals surface area contributed by atoms with Gasteiger partial charge in [-0.25, -0.2) is 4.79 Å². The van der Waals surface area contributed by atoms with Crippen molar-refractivity contribution in [2.45, 2.75) is 65.7 Å². The lowest BCUT2D eigenvalue weighted by Gasteiger charge is -2.28. The van der Waals surface area contributed by atoms with E-state index in [1.165, 1.54) is 0 Å². The first kappa shape index (κ1) is 24.7. The molecule has 1 fully saturated rings. The number of rotatable bonds is 4. The summed E-state index contributed by atoms with van der Waals surface area (Å²) in [4.78, 5) is 31.8. The molecule has 2 atom stereocenters. The predicted molar refractivity (Wildman–Crippen MR) is 133 cm³/mol. The van der Waals surface area contributed by atoms with Crippen molar-refractivity contribution in [3.63, 3.8) is 0 Å². The standard InChI is InChI=1S/C26H33N4O5/c1-17-21-10-8-9-11-22(21)30(28-17,24(32)35-26(5,6)7)19-12-20(14-27-13-19)33-16-18-15-29(18)23(31)34-25(2,3)4/h8-14,18H,15-16H2,1-7H3/q+1/t18-,29?,30?/m0/s1. The summed E-state index contributed by atoms with van der Waals surface area (Å²) in [5.41, 5.74) is 1.53. The minimum Gasteiger partial charge on any atom is -0.490 e. The molecule has 2 amide bonds. The van der Waals surface area contributed by atoms with Gasteiger partial charge in [-0.2, -0.15) is 4.79 Å². The fraction of sp³-hybridized carbons (Fsp3) is 0.462. The van der Waals surface area contributed by atoms with Crippen LogP contribution in [0.15, 0.2) is 47.8 Å². The number of hydrogen-bond donors (Lipinski definition) is 0. The van der Waals surface area contributed by atoms with Crippen LogP contribution in [-0.4, -0.2) is 58.2 Å². The first-order valence-corrected chi connectivity index (χ1v) is 11.7. The number of carbonyl (C=O) groups is 2. The Kier molecular flexibility index (Phi) is 6.09. The molecule has 35 heavy (non-hydrogen) atoms. The lowest BCUT2D eigenvalue weighted by Crippen LogP contribution is -2.46. The van der Waals surface area contributed by atoms with Gasteiger partial charge in [0.25, 0.3) is 0 Å². The molecule has 0 aliphatic carbocycles. The number of aromatic nitrogens is 1. The molecule has 0 N–H and O–H groups in total.